The van der Waals surface area contributed by atoms with Crippen LogP contribution in [0.1, 0.15) is 25.7 Å². The Bertz CT molecular complexity index is 589. The Kier molecular flexibility index (Phi) is 5.76. The summed E-state index contributed by atoms with van der Waals surface area (Å²) >= 11 is 3.11. The molecule has 0 aromatic heterocycles. The molecule has 1 aromatic rings. The molecule has 1 fully saturated rings. The number of likely N-dealkylation sites (N-methyl/N-ethyl adjacent to an activating group) is 1. The van der Waals surface area contributed by atoms with E-state index in [9.17, 15) is 12.8 Å². The first-order valence-electron chi connectivity index (χ1n) is 7.05. The van der Waals surface area contributed by atoms with E-state index in [-0.39, 0.29) is 11.4 Å². The van der Waals surface area contributed by atoms with Gasteiger partial charge in [-0.2, -0.15) is 0 Å². The Morgan fingerprint density at radius 3 is 2.67 bits per heavy atom. The van der Waals surface area contributed by atoms with Crippen LogP contribution in [0, 0.1) is 5.82 Å². The summed E-state index contributed by atoms with van der Waals surface area (Å²) in [4.78, 5) is 1.86. The molecule has 0 spiro atoms. The van der Waals surface area contributed by atoms with Crippen LogP contribution in [0.5, 0.6) is 0 Å². The highest BCUT2D eigenvalue weighted by atomic mass is 79.9. The van der Waals surface area contributed by atoms with Crippen LogP contribution in [0.3, 0.4) is 0 Å². The molecule has 0 atom stereocenters. The van der Waals surface area contributed by atoms with Gasteiger partial charge in [0.1, 0.15) is 10.7 Å². The molecule has 1 aromatic carbocycles. The molecule has 1 aliphatic rings. The smallest absolute Gasteiger partial charge is 0.243 e. The lowest BCUT2D eigenvalue weighted by Crippen LogP contribution is -2.37. The molecule has 4 nitrogen and oxygen atoms in total. The van der Waals surface area contributed by atoms with Gasteiger partial charge in [-0.15, -0.1) is 0 Å². The van der Waals surface area contributed by atoms with E-state index in [1.165, 1.54) is 37.8 Å². The second-order valence-electron chi connectivity index (χ2n) is 5.39. The normalized spacial score (nSPS) is 16.8. The number of hydrogen-bond acceptors (Lipinski definition) is 3. The van der Waals surface area contributed by atoms with Gasteiger partial charge in [-0.1, -0.05) is 28.8 Å². The zero-order valence-electron chi connectivity index (χ0n) is 12.0. The highest BCUT2D eigenvalue weighted by molar-refractivity contribution is 9.10. The average molecular weight is 379 g/mol. The van der Waals surface area contributed by atoms with Crippen LogP contribution >= 0.6 is 15.9 Å². The van der Waals surface area contributed by atoms with Crippen LogP contribution < -0.4 is 4.72 Å². The number of halogens is 2. The van der Waals surface area contributed by atoms with E-state index in [0.29, 0.717) is 17.1 Å². The molecule has 118 valence electrons. The van der Waals surface area contributed by atoms with Crippen LogP contribution in [-0.2, 0) is 10.0 Å². The molecule has 0 amide bonds. The minimum Gasteiger partial charge on any atom is -0.302 e. The maximum absolute atomic E-state index is 13.7. The molecule has 0 heterocycles. The molecule has 0 unspecified atom stereocenters. The minimum atomic E-state index is -3.80. The minimum absolute atomic E-state index is 0.283. The highest BCUT2D eigenvalue weighted by Crippen LogP contribution is 2.22. The molecule has 2 rings (SSSR count). The molecule has 21 heavy (non-hydrogen) atoms. The van der Waals surface area contributed by atoms with Gasteiger partial charge >= 0.3 is 0 Å². The van der Waals surface area contributed by atoms with E-state index in [1.807, 2.05) is 7.05 Å². The molecule has 1 N–H and O–H groups in total. The zero-order valence-corrected chi connectivity index (χ0v) is 14.4. The number of nitrogens with one attached hydrogen (secondary N) is 1. The van der Waals surface area contributed by atoms with Crippen molar-refractivity contribution >= 4 is 26.0 Å². The second-order valence-corrected chi connectivity index (χ2v) is 8.04. The standard InChI is InChI=1S/C14H20BrFN2O2S/c1-18(12-4-2-3-5-12)9-8-17-21(19,20)14-7-6-11(15)10-13(14)16/h6-7,10,12,17H,2-5,8-9H2,1H3. The molecule has 0 bridgehead atoms. The summed E-state index contributed by atoms with van der Waals surface area (Å²) in [6.45, 7) is 0.910. The molecule has 0 radical (unpaired) electrons. The van der Waals surface area contributed by atoms with Crippen molar-refractivity contribution in [3.8, 4) is 0 Å². The Morgan fingerprint density at radius 2 is 2.05 bits per heavy atom. The number of hydrogen-bond donors (Lipinski definition) is 1. The quantitative estimate of drug-likeness (QED) is 0.827. The number of nitrogens with zero attached hydrogens (tertiary/aromatic N) is 1. The van der Waals surface area contributed by atoms with E-state index in [0.717, 1.165) is 6.07 Å². The van der Waals surface area contributed by atoms with E-state index in [4.69, 9.17) is 0 Å². The van der Waals surface area contributed by atoms with Crippen molar-refractivity contribution in [2.24, 2.45) is 0 Å². The fourth-order valence-electron chi connectivity index (χ4n) is 2.65. The van der Waals surface area contributed by atoms with Crippen LogP contribution in [0.2, 0.25) is 0 Å². The Labute approximate surface area is 133 Å². The van der Waals surface area contributed by atoms with Crippen molar-refractivity contribution in [3.05, 3.63) is 28.5 Å². The highest BCUT2D eigenvalue weighted by Gasteiger charge is 2.21. The molecular formula is C14H20BrFN2O2S. The lowest BCUT2D eigenvalue weighted by atomic mass is 10.2. The van der Waals surface area contributed by atoms with Gasteiger partial charge in [-0.25, -0.2) is 17.5 Å². The summed E-state index contributed by atoms with van der Waals surface area (Å²) in [5, 5.41) is 0. The first-order valence-corrected chi connectivity index (χ1v) is 9.33. The van der Waals surface area contributed by atoms with Crippen molar-refractivity contribution < 1.29 is 12.8 Å². The summed E-state index contributed by atoms with van der Waals surface area (Å²) in [5.74, 6) is -0.749. The topological polar surface area (TPSA) is 49.4 Å². The average Bonchev–Trinajstić information content (AvgIpc) is 2.91. The number of rotatable bonds is 6. The summed E-state index contributed by atoms with van der Waals surface area (Å²) in [5.41, 5.74) is 0. The van der Waals surface area contributed by atoms with Gasteiger partial charge in [-0.05, 0) is 38.1 Å². The van der Waals surface area contributed by atoms with Crippen molar-refractivity contribution in [3.63, 3.8) is 0 Å². The van der Waals surface area contributed by atoms with Crippen molar-refractivity contribution in [1.82, 2.24) is 9.62 Å². The predicted molar refractivity (Wildman–Crippen MR) is 84.2 cm³/mol. The lowest BCUT2D eigenvalue weighted by Gasteiger charge is -2.23. The van der Waals surface area contributed by atoms with Crippen molar-refractivity contribution in [1.29, 1.82) is 0 Å². The monoisotopic (exact) mass is 378 g/mol. The third-order valence-electron chi connectivity index (χ3n) is 3.89. The molecule has 0 aliphatic heterocycles. The molecule has 1 saturated carbocycles. The third kappa shape index (κ3) is 4.48. The summed E-state index contributed by atoms with van der Waals surface area (Å²) in [6, 6.07) is 4.48. The first kappa shape index (κ1) is 16.9. The molecule has 7 heteroatoms. The summed E-state index contributed by atoms with van der Waals surface area (Å²) in [7, 11) is -1.79. The Balaban J connectivity index is 1.92. The second kappa shape index (κ2) is 7.17. The van der Waals surface area contributed by atoms with E-state index < -0.39 is 15.8 Å². The summed E-state index contributed by atoms with van der Waals surface area (Å²) in [6.07, 6.45) is 4.82. The van der Waals surface area contributed by atoms with Crippen molar-refractivity contribution in [2.75, 3.05) is 20.1 Å². The van der Waals surface area contributed by atoms with Gasteiger partial charge in [0.2, 0.25) is 10.0 Å². The molecular weight excluding hydrogens is 359 g/mol. The molecule has 0 saturated heterocycles. The SMILES string of the molecule is CN(CCNS(=O)(=O)c1ccc(Br)cc1F)C1CCCC1. The van der Waals surface area contributed by atoms with Crippen LogP contribution in [0.15, 0.2) is 27.6 Å². The maximum atomic E-state index is 13.7. The number of benzene rings is 1. The fourth-order valence-corrected chi connectivity index (χ4v) is 4.07. The molecule has 1 aliphatic carbocycles. The van der Waals surface area contributed by atoms with Gasteiger partial charge in [0.05, 0.1) is 0 Å². The van der Waals surface area contributed by atoms with Gasteiger partial charge < -0.3 is 4.90 Å². The summed E-state index contributed by atoms with van der Waals surface area (Å²) < 4.78 is 40.9. The van der Waals surface area contributed by atoms with E-state index >= 15 is 0 Å². The zero-order chi connectivity index (χ0) is 15.5. The van der Waals surface area contributed by atoms with Crippen LogP contribution in [0.25, 0.3) is 0 Å². The third-order valence-corrected chi connectivity index (χ3v) is 5.88. The first-order chi connectivity index (χ1) is 9.90. The predicted octanol–water partition coefficient (Wildman–Crippen LogP) is 2.74. The Morgan fingerprint density at radius 1 is 1.38 bits per heavy atom. The van der Waals surface area contributed by atoms with Gasteiger partial charge in [-0.3, -0.25) is 0 Å². The lowest BCUT2D eigenvalue weighted by molar-refractivity contribution is 0.250. The van der Waals surface area contributed by atoms with Crippen LogP contribution in [-0.4, -0.2) is 39.5 Å². The maximum Gasteiger partial charge on any atom is 0.243 e. The van der Waals surface area contributed by atoms with E-state index in [1.54, 1.807) is 0 Å². The van der Waals surface area contributed by atoms with Crippen LogP contribution in [0.4, 0.5) is 4.39 Å². The van der Waals surface area contributed by atoms with Gasteiger partial charge in [0, 0.05) is 23.6 Å². The van der Waals surface area contributed by atoms with E-state index in [2.05, 4.69) is 25.6 Å². The number of sulfonamides is 1. The largest absolute Gasteiger partial charge is 0.302 e. The van der Waals surface area contributed by atoms with Crippen molar-refractivity contribution in [2.45, 2.75) is 36.6 Å². The fraction of sp³-hybridized carbons (Fsp3) is 0.571. The van der Waals surface area contributed by atoms with Gasteiger partial charge in [0.25, 0.3) is 0 Å². The Hall–Kier alpha value is -0.500. The van der Waals surface area contributed by atoms with Gasteiger partial charge in [0.15, 0.2) is 0 Å².